The second kappa shape index (κ2) is 4.39. The van der Waals surface area contributed by atoms with Crippen molar-refractivity contribution >= 4 is 0 Å². The van der Waals surface area contributed by atoms with Gasteiger partial charge in [-0.3, -0.25) is 0 Å². The number of hydrogen-bond donors (Lipinski definition) is 1. The number of aromatic nitrogens is 1. The average molecular weight is 182 g/mol. The Morgan fingerprint density at radius 3 is 3.00 bits per heavy atom. The number of ether oxygens (including phenoxy) is 1. The van der Waals surface area contributed by atoms with E-state index in [4.69, 9.17) is 9.26 Å². The predicted octanol–water partition coefficient (Wildman–Crippen LogP) is 0.943. The highest BCUT2D eigenvalue weighted by Gasteiger charge is 2.12. The largest absolute Gasteiger partial charge is 0.381 e. The summed E-state index contributed by atoms with van der Waals surface area (Å²) in [5, 5.41) is 7.09. The Hall–Kier alpha value is -0.870. The molecule has 0 radical (unpaired) electrons. The minimum atomic E-state index is 0.587. The molecule has 1 aliphatic heterocycles. The molecule has 2 rings (SSSR count). The fourth-order valence-corrected chi connectivity index (χ4v) is 1.48. The average Bonchev–Trinajstić information content (AvgIpc) is 2.69. The van der Waals surface area contributed by atoms with Gasteiger partial charge in [-0.1, -0.05) is 5.16 Å². The van der Waals surface area contributed by atoms with Crippen LogP contribution in [-0.4, -0.2) is 24.4 Å². The van der Waals surface area contributed by atoms with Crippen LogP contribution >= 0.6 is 0 Å². The van der Waals surface area contributed by atoms with Crippen LogP contribution in [0.3, 0.4) is 0 Å². The van der Waals surface area contributed by atoms with Gasteiger partial charge in [0.2, 0.25) is 0 Å². The van der Waals surface area contributed by atoms with Gasteiger partial charge in [-0.2, -0.15) is 0 Å². The summed E-state index contributed by atoms with van der Waals surface area (Å²) in [5.41, 5.74) is 1.10. The first-order valence-corrected chi connectivity index (χ1v) is 4.64. The Balaban J connectivity index is 1.72. The molecule has 0 unspecified atom stereocenters. The van der Waals surface area contributed by atoms with E-state index < -0.39 is 0 Å². The second-order valence-electron chi connectivity index (χ2n) is 3.30. The molecule has 2 heterocycles. The molecule has 0 atom stereocenters. The van der Waals surface area contributed by atoms with Crippen LogP contribution in [0.2, 0.25) is 0 Å². The van der Waals surface area contributed by atoms with E-state index in [0.29, 0.717) is 6.04 Å². The number of nitrogens with zero attached hydrogens (tertiary/aromatic N) is 1. The normalized spacial score (nSPS) is 19.1. The monoisotopic (exact) mass is 182 g/mol. The van der Waals surface area contributed by atoms with Crippen molar-refractivity contribution in [2.24, 2.45) is 0 Å². The molecule has 13 heavy (non-hydrogen) atoms. The van der Waals surface area contributed by atoms with Crippen molar-refractivity contribution in [3.63, 3.8) is 0 Å². The first-order valence-electron chi connectivity index (χ1n) is 4.64. The van der Waals surface area contributed by atoms with E-state index >= 15 is 0 Å². The van der Waals surface area contributed by atoms with Crippen molar-refractivity contribution < 1.29 is 9.26 Å². The Morgan fingerprint density at radius 2 is 2.31 bits per heavy atom. The molecule has 0 amide bonds. The van der Waals surface area contributed by atoms with Crippen molar-refractivity contribution in [3.05, 3.63) is 18.0 Å². The van der Waals surface area contributed by atoms with Gasteiger partial charge in [0.05, 0.1) is 6.20 Å². The van der Waals surface area contributed by atoms with E-state index in [1.54, 1.807) is 12.5 Å². The highest BCUT2D eigenvalue weighted by Crippen LogP contribution is 2.07. The molecule has 1 N–H and O–H groups in total. The Kier molecular flexibility index (Phi) is 2.94. The van der Waals surface area contributed by atoms with E-state index in [-0.39, 0.29) is 0 Å². The summed E-state index contributed by atoms with van der Waals surface area (Å²) in [7, 11) is 0. The summed E-state index contributed by atoms with van der Waals surface area (Å²) in [6.07, 6.45) is 5.62. The lowest BCUT2D eigenvalue weighted by Crippen LogP contribution is -2.34. The number of rotatable bonds is 3. The SMILES string of the molecule is c1nocc1CNC1CCOCC1. The molecule has 0 saturated carbocycles. The molecule has 1 aliphatic rings. The van der Waals surface area contributed by atoms with Crippen LogP contribution in [0, 0.1) is 0 Å². The van der Waals surface area contributed by atoms with E-state index in [2.05, 4.69) is 10.5 Å². The van der Waals surface area contributed by atoms with Gasteiger partial charge < -0.3 is 14.6 Å². The van der Waals surface area contributed by atoms with Crippen LogP contribution in [-0.2, 0) is 11.3 Å². The molecule has 4 nitrogen and oxygen atoms in total. The lowest BCUT2D eigenvalue weighted by Gasteiger charge is -2.22. The molecular weight excluding hydrogens is 168 g/mol. The molecule has 72 valence electrons. The van der Waals surface area contributed by atoms with Crippen molar-refractivity contribution in [2.75, 3.05) is 13.2 Å². The maximum absolute atomic E-state index is 5.27. The quantitative estimate of drug-likeness (QED) is 0.755. The van der Waals surface area contributed by atoms with Crippen LogP contribution in [0.15, 0.2) is 17.0 Å². The molecular formula is C9H14N2O2. The van der Waals surface area contributed by atoms with E-state index in [1.807, 2.05) is 0 Å². The summed E-state index contributed by atoms with van der Waals surface area (Å²) in [6, 6.07) is 0.587. The summed E-state index contributed by atoms with van der Waals surface area (Å²) in [4.78, 5) is 0. The highest BCUT2D eigenvalue weighted by atomic mass is 16.5. The molecule has 1 saturated heterocycles. The third-order valence-electron chi connectivity index (χ3n) is 2.30. The Labute approximate surface area is 77.2 Å². The molecule has 0 aromatic carbocycles. The van der Waals surface area contributed by atoms with Gasteiger partial charge in [-0.05, 0) is 12.8 Å². The van der Waals surface area contributed by atoms with Crippen LogP contribution in [0.4, 0.5) is 0 Å². The molecule has 4 heteroatoms. The van der Waals surface area contributed by atoms with Crippen LogP contribution in [0.5, 0.6) is 0 Å². The summed E-state index contributed by atoms with van der Waals surface area (Å²) in [5.74, 6) is 0. The first-order chi connectivity index (χ1) is 6.45. The summed E-state index contributed by atoms with van der Waals surface area (Å²) in [6.45, 7) is 2.59. The topological polar surface area (TPSA) is 47.3 Å². The Bertz CT molecular complexity index is 230. The maximum atomic E-state index is 5.27. The van der Waals surface area contributed by atoms with Gasteiger partial charge in [-0.15, -0.1) is 0 Å². The van der Waals surface area contributed by atoms with Gasteiger partial charge in [0.25, 0.3) is 0 Å². The van der Waals surface area contributed by atoms with Crippen molar-refractivity contribution in [3.8, 4) is 0 Å². The van der Waals surface area contributed by atoms with E-state index in [1.165, 1.54) is 0 Å². The fraction of sp³-hybridized carbons (Fsp3) is 0.667. The lowest BCUT2D eigenvalue weighted by molar-refractivity contribution is 0.0776. The first kappa shape index (κ1) is 8.72. The van der Waals surface area contributed by atoms with Crippen molar-refractivity contribution in [1.82, 2.24) is 10.5 Å². The van der Waals surface area contributed by atoms with Crippen molar-refractivity contribution in [1.29, 1.82) is 0 Å². The second-order valence-corrected chi connectivity index (χ2v) is 3.30. The molecule has 0 spiro atoms. The zero-order valence-electron chi connectivity index (χ0n) is 7.53. The molecule has 1 aromatic rings. The highest BCUT2D eigenvalue weighted by molar-refractivity contribution is 4.99. The van der Waals surface area contributed by atoms with Gasteiger partial charge in [0.1, 0.15) is 6.26 Å². The minimum absolute atomic E-state index is 0.587. The predicted molar refractivity (Wildman–Crippen MR) is 47.2 cm³/mol. The van der Waals surface area contributed by atoms with E-state index in [9.17, 15) is 0 Å². The van der Waals surface area contributed by atoms with Gasteiger partial charge in [0.15, 0.2) is 0 Å². The summed E-state index contributed by atoms with van der Waals surface area (Å²) >= 11 is 0. The van der Waals surface area contributed by atoms with Crippen LogP contribution in [0.25, 0.3) is 0 Å². The Morgan fingerprint density at radius 1 is 1.46 bits per heavy atom. The van der Waals surface area contributed by atoms with Gasteiger partial charge in [0, 0.05) is 31.4 Å². The van der Waals surface area contributed by atoms with E-state index in [0.717, 1.165) is 38.2 Å². The zero-order chi connectivity index (χ0) is 8.93. The molecule has 0 aliphatic carbocycles. The van der Waals surface area contributed by atoms with Crippen molar-refractivity contribution in [2.45, 2.75) is 25.4 Å². The number of hydrogen-bond acceptors (Lipinski definition) is 4. The molecule has 1 fully saturated rings. The summed E-state index contributed by atoms with van der Waals surface area (Å²) < 4.78 is 10.0. The molecule has 1 aromatic heterocycles. The third kappa shape index (κ3) is 2.54. The van der Waals surface area contributed by atoms with Gasteiger partial charge in [-0.25, -0.2) is 0 Å². The lowest BCUT2D eigenvalue weighted by atomic mass is 10.1. The third-order valence-corrected chi connectivity index (χ3v) is 2.30. The fourth-order valence-electron chi connectivity index (χ4n) is 1.48. The maximum Gasteiger partial charge on any atom is 0.128 e. The van der Waals surface area contributed by atoms with Gasteiger partial charge >= 0.3 is 0 Å². The number of nitrogens with one attached hydrogen (secondary N) is 1. The standard InChI is InChI=1S/C9H14N2O2/c1-3-12-4-2-9(1)10-5-8-6-11-13-7-8/h6-7,9-10H,1-5H2. The van der Waals surface area contributed by atoms with Crippen LogP contribution in [0.1, 0.15) is 18.4 Å². The van der Waals surface area contributed by atoms with Crippen LogP contribution < -0.4 is 5.32 Å². The smallest absolute Gasteiger partial charge is 0.128 e. The molecule has 0 bridgehead atoms. The zero-order valence-corrected chi connectivity index (χ0v) is 7.53. The minimum Gasteiger partial charge on any atom is -0.381 e.